The summed E-state index contributed by atoms with van der Waals surface area (Å²) in [5.74, 6) is 1.33. The number of ether oxygens (including phenoxy) is 2. The molecule has 0 unspecified atom stereocenters. The number of aromatic nitrogens is 4. The van der Waals surface area contributed by atoms with Gasteiger partial charge in [-0.1, -0.05) is 17.8 Å². The topological polar surface area (TPSA) is 118 Å². The predicted octanol–water partition coefficient (Wildman–Crippen LogP) is 3.67. The van der Waals surface area contributed by atoms with Crippen molar-refractivity contribution in [1.29, 1.82) is 5.41 Å². The van der Waals surface area contributed by atoms with Crippen LogP contribution in [-0.4, -0.2) is 45.1 Å². The lowest BCUT2D eigenvalue weighted by atomic mass is 10.2. The highest BCUT2D eigenvalue weighted by molar-refractivity contribution is 7.99. The van der Waals surface area contributed by atoms with Gasteiger partial charge in [0.2, 0.25) is 5.91 Å². The number of thioether (sulfide) groups is 1. The number of hydrogen-bond acceptors (Lipinski definition) is 7. The number of fused-ring (bicyclic) bond motifs is 1. The van der Waals surface area contributed by atoms with E-state index in [1.165, 1.54) is 11.8 Å². The van der Waals surface area contributed by atoms with Crippen molar-refractivity contribution >= 4 is 34.4 Å². The third kappa shape index (κ3) is 4.85. The van der Waals surface area contributed by atoms with Gasteiger partial charge in [0.25, 0.3) is 0 Å². The second kappa shape index (κ2) is 9.78. The van der Waals surface area contributed by atoms with Crippen LogP contribution in [0.4, 0.5) is 5.69 Å². The molecule has 10 heteroatoms. The number of methoxy groups -OCH3 is 1. The third-order valence-corrected chi connectivity index (χ3v) is 5.81. The van der Waals surface area contributed by atoms with Crippen LogP contribution < -0.4 is 20.3 Å². The third-order valence-electron chi connectivity index (χ3n) is 4.87. The standard InChI is InChI=1S/C23H24N6O3S/c1-4-32-17-10-8-15(9-11-17)25-19(30)13-33-23-26-22-20(14(2)27-28-22)21(24)29(23)16-6-5-7-18(12-16)31-3/h5-12,24H,4,13H2,1-3H3,(H,25,30)(H,27,28). The van der Waals surface area contributed by atoms with E-state index in [4.69, 9.17) is 14.9 Å². The Morgan fingerprint density at radius 3 is 2.73 bits per heavy atom. The normalized spacial score (nSPS) is 10.9. The predicted molar refractivity (Wildman–Crippen MR) is 127 cm³/mol. The number of benzene rings is 2. The SMILES string of the molecule is CCOc1ccc(NC(=O)CSc2nc3n[nH]c(C)c3c(=N)n2-c2cccc(OC)c2)cc1. The largest absolute Gasteiger partial charge is 0.497 e. The zero-order chi connectivity index (χ0) is 23.4. The molecule has 2 aromatic heterocycles. The van der Waals surface area contributed by atoms with E-state index in [-0.39, 0.29) is 17.1 Å². The van der Waals surface area contributed by atoms with Gasteiger partial charge in [-0.15, -0.1) is 0 Å². The molecule has 0 atom stereocenters. The highest BCUT2D eigenvalue weighted by atomic mass is 32.2. The van der Waals surface area contributed by atoms with Crippen molar-refractivity contribution in [1.82, 2.24) is 19.7 Å². The van der Waals surface area contributed by atoms with E-state index >= 15 is 0 Å². The number of H-pyrrole nitrogens is 1. The number of nitrogens with one attached hydrogen (secondary N) is 3. The molecule has 0 bridgehead atoms. The lowest BCUT2D eigenvalue weighted by Gasteiger charge is -2.14. The Hall–Kier alpha value is -3.79. The summed E-state index contributed by atoms with van der Waals surface area (Å²) in [6.07, 6.45) is 0. The quantitative estimate of drug-likeness (QED) is 0.270. The maximum absolute atomic E-state index is 12.6. The van der Waals surface area contributed by atoms with E-state index in [2.05, 4.69) is 20.5 Å². The Bertz CT molecular complexity index is 1350. The minimum absolute atomic E-state index is 0.110. The molecule has 4 aromatic rings. The minimum Gasteiger partial charge on any atom is -0.497 e. The fraction of sp³-hybridized carbons (Fsp3) is 0.217. The van der Waals surface area contributed by atoms with Gasteiger partial charge in [0.1, 0.15) is 17.0 Å². The Kier molecular flexibility index (Phi) is 6.64. The van der Waals surface area contributed by atoms with Crippen LogP contribution in [0.1, 0.15) is 12.6 Å². The molecule has 0 aliphatic rings. The van der Waals surface area contributed by atoms with E-state index in [0.29, 0.717) is 39.9 Å². The fourth-order valence-corrected chi connectivity index (χ4v) is 4.15. The van der Waals surface area contributed by atoms with E-state index in [9.17, 15) is 4.79 Å². The van der Waals surface area contributed by atoms with Crippen molar-refractivity contribution in [3.8, 4) is 17.2 Å². The first-order chi connectivity index (χ1) is 16.0. The molecule has 0 fully saturated rings. The van der Waals surface area contributed by atoms with Crippen molar-refractivity contribution in [3.05, 3.63) is 59.7 Å². The first-order valence-electron chi connectivity index (χ1n) is 10.3. The second-order valence-corrected chi connectivity index (χ2v) is 8.06. The molecule has 3 N–H and O–H groups in total. The maximum Gasteiger partial charge on any atom is 0.234 e. The number of carbonyl (C=O) groups excluding carboxylic acids is 1. The van der Waals surface area contributed by atoms with Gasteiger partial charge in [-0.2, -0.15) is 5.10 Å². The highest BCUT2D eigenvalue weighted by Crippen LogP contribution is 2.24. The molecular formula is C23H24N6O3S. The average Bonchev–Trinajstić information content (AvgIpc) is 3.20. The summed E-state index contributed by atoms with van der Waals surface area (Å²) in [6.45, 7) is 4.35. The summed E-state index contributed by atoms with van der Waals surface area (Å²) in [5.41, 5.74) is 2.81. The van der Waals surface area contributed by atoms with Crippen molar-refractivity contribution in [3.63, 3.8) is 0 Å². The Morgan fingerprint density at radius 1 is 1.21 bits per heavy atom. The van der Waals surface area contributed by atoms with Crippen LogP contribution in [0, 0.1) is 12.3 Å². The Morgan fingerprint density at radius 2 is 2.00 bits per heavy atom. The van der Waals surface area contributed by atoms with Crippen molar-refractivity contribution < 1.29 is 14.3 Å². The van der Waals surface area contributed by atoms with Gasteiger partial charge in [0.05, 0.1) is 30.5 Å². The number of rotatable bonds is 8. The van der Waals surface area contributed by atoms with Gasteiger partial charge < -0.3 is 14.8 Å². The van der Waals surface area contributed by atoms with Gasteiger partial charge in [0.15, 0.2) is 10.8 Å². The molecule has 9 nitrogen and oxygen atoms in total. The lowest BCUT2D eigenvalue weighted by molar-refractivity contribution is -0.113. The number of anilines is 1. The van der Waals surface area contributed by atoms with Crippen molar-refractivity contribution in [2.75, 3.05) is 24.8 Å². The van der Waals surface area contributed by atoms with Crippen LogP contribution in [0.3, 0.4) is 0 Å². The molecule has 4 rings (SSSR count). The average molecular weight is 465 g/mol. The van der Waals surface area contributed by atoms with E-state index in [0.717, 1.165) is 11.4 Å². The smallest absolute Gasteiger partial charge is 0.234 e. The lowest BCUT2D eigenvalue weighted by Crippen LogP contribution is -2.23. The van der Waals surface area contributed by atoms with Crippen molar-refractivity contribution in [2.45, 2.75) is 19.0 Å². The van der Waals surface area contributed by atoms with Gasteiger partial charge in [0, 0.05) is 17.4 Å². The summed E-state index contributed by atoms with van der Waals surface area (Å²) in [5, 5.41) is 19.9. The van der Waals surface area contributed by atoms with E-state index in [1.807, 2.05) is 50.2 Å². The van der Waals surface area contributed by atoms with Crippen LogP contribution in [-0.2, 0) is 4.79 Å². The summed E-state index contributed by atoms with van der Waals surface area (Å²) in [4.78, 5) is 17.2. The van der Waals surface area contributed by atoms with Gasteiger partial charge in [-0.25, -0.2) is 4.98 Å². The summed E-state index contributed by atoms with van der Waals surface area (Å²) < 4.78 is 12.5. The van der Waals surface area contributed by atoms with Crippen LogP contribution in [0.15, 0.2) is 53.7 Å². The molecule has 2 heterocycles. The molecule has 0 saturated carbocycles. The van der Waals surface area contributed by atoms with Gasteiger partial charge in [-0.05, 0) is 50.2 Å². The van der Waals surface area contributed by atoms with Crippen LogP contribution in [0.2, 0.25) is 0 Å². The molecule has 2 aromatic carbocycles. The first kappa shape index (κ1) is 22.4. The van der Waals surface area contributed by atoms with Crippen LogP contribution in [0.5, 0.6) is 11.5 Å². The van der Waals surface area contributed by atoms with Crippen LogP contribution in [0.25, 0.3) is 16.7 Å². The summed E-state index contributed by atoms with van der Waals surface area (Å²) in [7, 11) is 1.59. The molecule has 0 radical (unpaired) electrons. The Balaban J connectivity index is 1.61. The Labute approximate surface area is 194 Å². The van der Waals surface area contributed by atoms with Gasteiger partial charge >= 0.3 is 0 Å². The molecular weight excluding hydrogens is 440 g/mol. The molecule has 170 valence electrons. The van der Waals surface area contributed by atoms with Crippen molar-refractivity contribution in [2.24, 2.45) is 0 Å². The summed E-state index contributed by atoms with van der Waals surface area (Å²) >= 11 is 1.23. The monoisotopic (exact) mass is 464 g/mol. The van der Waals surface area contributed by atoms with Crippen LogP contribution >= 0.6 is 11.8 Å². The molecule has 33 heavy (non-hydrogen) atoms. The molecule has 0 saturated heterocycles. The highest BCUT2D eigenvalue weighted by Gasteiger charge is 2.17. The number of hydrogen-bond donors (Lipinski definition) is 3. The zero-order valence-electron chi connectivity index (χ0n) is 18.5. The van der Waals surface area contributed by atoms with Gasteiger partial charge in [-0.3, -0.25) is 19.9 Å². The zero-order valence-corrected chi connectivity index (χ0v) is 19.3. The number of nitrogens with zero attached hydrogens (tertiary/aromatic N) is 3. The molecule has 0 aliphatic heterocycles. The minimum atomic E-state index is -0.187. The number of amides is 1. The molecule has 0 aliphatic carbocycles. The molecule has 0 spiro atoms. The summed E-state index contributed by atoms with van der Waals surface area (Å²) in [6, 6.07) is 14.6. The molecule has 1 amide bonds. The fourth-order valence-electron chi connectivity index (χ4n) is 3.34. The number of aryl methyl sites for hydroxylation is 1. The number of carbonyl (C=O) groups is 1. The van der Waals surface area contributed by atoms with E-state index in [1.54, 1.807) is 23.8 Å². The number of aromatic amines is 1. The van der Waals surface area contributed by atoms with E-state index < -0.39 is 0 Å². The first-order valence-corrected chi connectivity index (χ1v) is 11.3. The maximum atomic E-state index is 12.6. The second-order valence-electron chi connectivity index (χ2n) is 7.12.